The van der Waals surface area contributed by atoms with Gasteiger partial charge in [-0.25, -0.2) is 12.7 Å². The van der Waals surface area contributed by atoms with E-state index in [1.165, 1.54) is 29.0 Å². The lowest BCUT2D eigenvalue weighted by atomic mass is 9.84. The molecular weight excluding hydrogens is 272 g/mol. The highest BCUT2D eigenvalue weighted by molar-refractivity contribution is 7.88. The zero-order chi connectivity index (χ0) is 15.2. The van der Waals surface area contributed by atoms with Crippen molar-refractivity contribution in [3.8, 4) is 0 Å². The Kier molecular flexibility index (Phi) is 7.20. The molecule has 2 atom stereocenters. The Morgan fingerprint density at radius 1 is 1.45 bits per heavy atom. The molecule has 0 aromatic carbocycles. The van der Waals surface area contributed by atoms with Gasteiger partial charge in [0.15, 0.2) is 0 Å². The molecule has 0 fully saturated rings. The quantitative estimate of drug-likeness (QED) is 0.552. The molecule has 1 aliphatic carbocycles. The predicted octanol–water partition coefficient (Wildman–Crippen LogP) is 2.24. The smallest absolute Gasteiger partial charge is 0.211 e. The normalized spacial score (nSPS) is 23.9. The lowest BCUT2D eigenvalue weighted by molar-refractivity contribution is 0.371. The van der Waals surface area contributed by atoms with Gasteiger partial charge in [0, 0.05) is 13.1 Å². The molecule has 5 heteroatoms. The van der Waals surface area contributed by atoms with Crippen LogP contribution in [-0.2, 0) is 10.0 Å². The minimum absolute atomic E-state index is 0.558. The first-order chi connectivity index (χ1) is 9.32. The molecular formula is C15H30N2O2S. The van der Waals surface area contributed by atoms with Gasteiger partial charge in [-0.1, -0.05) is 25.5 Å². The van der Waals surface area contributed by atoms with Gasteiger partial charge in [0.1, 0.15) is 0 Å². The highest BCUT2D eigenvalue weighted by Gasteiger charge is 2.17. The Labute approximate surface area is 124 Å². The standard InChI is InChI=1S/C15H30N2O2S/c1-5-17(20(4,18)19)8-6-7-16-12-15-10-13(2)9-14(3)11-15/h9,13,15-16H,5-8,10-12H2,1-4H3. The van der Waals surface area contributed by atoms with Crippen LogP contribution >= 0.6 is 0 Å². The number of hydrogen-bond donors (Lipinski definition) is 1. The van der Waals surface area contributed by atoms with Crippen molar-refractivity contribution in [1.82, 2.24) is 9.62 Å². The van der Waals surface area contributed by atoms with Crippen molar-refractivity contribution >= 4 is 10.0 Å². The molecule has 118 valence electrons. The molecule has 0 heterocycles. The molecule has 1 rings (SSSR count). The van der Waals surface area contributed by atoms with Crippen molar-refractivity contribution in [2.45, 2.75) is 40.0 Å². The molecule has 0 saturated carbocycles. The first kappa shape index (κ1) is 17.7. The van der Waals surface area contributed by atoms with Gasteiger partial charge in [-0.15, -0.1) is 0 Å². The number of rotatable bonds is 8. The minimum Gasteiger partial charge on any atom is -0.316 e. The molecule has 20 heavy (non-hydrogen) atoms. The van der Waals surface area contributed by atoms with E-state index in [2.05, 4.69) is 25.2 Å². The first-order valence-corrected chi connectivity index (χ1v) is 9.51. The molecule has 0 aromatic rings. The van der Waals surface area contributed by atoms with Crippen LogP contribution in [0.2, 0.25) is 0 Å². The zero-order valence-electron chi connectivity index (χ0n) is 13.4. The fourth-order valence-corrected chi connectivity index (χ4v) is 4.02. The fourth-order valence-electron chi connectivity index (χ4n) is 3.09. The monoisotopic (exact) mass is 302 g/mol. The summed E-state index contributed by atoms with van der Waals surface area (Å²) >= 11 is 0. The van der Waals surface area contributed by atoms with E-state index in [1.807, 2.05) is 6.92 Å². The van der Waals surface area contributed by atoms with Gasteiger partial charge in [0.05, 0.1) is 6.26 Å². The van der Waals surface area contributed by atoms with Gasteiger partial charge in [-0.3, -0.25) is 0 Å². The third-order valence-corrected chi connectivity index (χ3v) is 5.28. The number of nitrogens with zero attached hydrogens (tertiary/aromatic N) is 1. The largest absolute Gasteiger partial charge is 0.316 e. The van der Waals surface area contributed by atoms with Crippen molar-refractivity contribution in [3.05, 3.63) is 11.6 Å². The zero-order valence-corrected chi connectivity index (χ0v) is 14.2. The Morgan fingerprint density at radius 3 is 2.70 bits per heavy atom. The third kappa shape index (κ3) is 6.37. The summed E-state index contributed by atoms with van der Waals surface area (Å²) in [5.74, 6) is 1.42. The Morgan fingerprint density at radius 2 is 2.15 bits per heavy atom. The lowest BCUT2D eigenvalue weighted by Gasteiger charge is -2.25. The van der Waals surface area contributed by atoms with Gasteiger partial charge in [0.25, 0.3) is 0 Å². The molecule has 1 aliphatic rings. The van der Waals surface area contributed by atoms with E-state index >= 15 is 0 Å². The molecule has 4 nitrogen and oxygen atoms in total. The van der Waals surface area contributed by atoms with Crippen LogP contribution in [0.1, 0.15) is 40.0 Å². The predicted molar refractivity (Wildman–Crippen MR) is 85.2 cm³/mol. The van der Waals surface area contributed by atoms with Crippen LogP contribution in [0.15, 0.2) is 11.6 Å². The van der Waals surface area contributed by atoms with E-state index in [4.69, 9.17) is 0 Å². The molecule has 0 saturated heterocycles. The Bertz CT molecular complexity index is 418. The molecule has 0 amide bonds. The van der Waals surface area contributed by atoms with Crippen LogP contribution in [0.5, 0.6) is 0 Å². The van der Waals surface area contributed by atoms with Gasteiger partial charge in [-0.05, 0) is 51.1 Å². The summed E-state index contributed by atoms with van der Waals surface area (Å²) in [5.41, 5.74) is 1.50. The maximum absolute atomic E-state index is 11.4. The molecule has 1 N–H and O–H groups in total. The molecule has 0 aliphatic heterocycles. The number of sulfonamides is 1. The third-order valence-electron chi connectivity index (χ3n) is 3.90. The summed E-state index contributed by atoms with van der Waals surface area (Å²) in [6.45, 7) is 9.48. The van der Waals surface area contributed by atoms with Crippen LogP contribution in [0.25, 0.3) is 0 Å². The highest BCUT2D eigenvalue weighted by Crippen LogP contribution is 2.27. The number of nitrogens with one attached hydrogen (secondary N) is 1. The van der Waals surface area contributed by atoms with Crippen molar-refractivity contribution in [2.75, 3.05) is 32.4 Å². The second-order valence-electron chi connectivity index (χ2n) is 6.11. The number of allylic oxidation sites excluding steroid dienone is 2. The van der Waals surface area contributed by atoms with Crippen LogP contribution in [0.3, 0.4) is 0 Å². The topological polar surface area (TPSA) is 49.4 Å². The highest BCUT2D eigenvalue weighted by atomic mass is 32.2. The van der Waals surface area contributed by atoms with Crippen LogP contribution in [0, 0.1) is 11.8 Å². The van der Waals surface area contributed by atoms with Gasteiger partial charge >= 0.3 is 0 Å². The maximum atomic E-state index is 11.4. The lowest BCUT2D eigenvalue weighted by Crippen LogP contribution is -2.33. The van der Waals surface area contributed by atoms with E-state index in [0.717, 1.165) is 25.4 Å². The van der Waals surface area contributed by atoms with Gasteiger partial charge in [-0.2, -0.15) is 0 Å². The molecule has 0 radical (unpaired) electrons. The Hall–Kier alpha value is -0.390. The van der Waals surface area contributed by atoms with Crippen LogP contribution < -0.4 is 5.32 Å². The summed E-state index contributed by atoms with van der Waals surface area (Å²) in [6.07, 6.45) is 6.98. The summed E-state index contributed by atoms with van der Waals surface area (Å²) in [5, 5.41) is 3.48. The summed E-state index contributed by atoms with van der Waals surface area (Å²) in [7, 11) is -3.04. The first-order valence-electron chi connectivity index (χ1n) is 7.66. The van der Waals surface area contributed by atoms with E-state index in [-0.39, 0.29) is 0 Å². The summed E-state index contributed by atoms with van der Waals surface area (Å²) in [4.78, 5) is 0. The maximum Gasteiger partial charge on any atom is 0.211 e. The van der Waals surface area contributed by atoms with Crippen molar-refractivity contribution < 1.29 is 8.42 Å². The molecule has 0 spiro atoms. The van der Waals surface area contributed by atoms with Crippen molar-refractivity contribution in [2.24, 2.45) is 11.8 Å². The van der Waals surface area contributed by atoms with E-state index in [0.29, 0.717) is 19.0 Å². The SMILES string of the molecule is CCN(CCCNCC1CC(C)=CC(C)C1)S(C)(=O)=O. The van der Waals surface area contributed by atoms with E-state index in [9.17, 15) is 8.42 Å². The van der Waals surface area contributed by atoms with Crippen LogP contribution in [-0.4, -0.2) is 45.2 Å². The van der Waals surface area contributed by atoms with Gasteiger partial charge in [0.2, 0.25) is 10.0 Å². The molecule has 2 unspecified atom stereocenters. The molecule has 0 bridgehead atoms. The van der Waals surface area contributed by atoms with Crippen LogP contribution in [0.4, 0.5) is 0 Å². The average molecular weight is 302 g/mol. The van der Waals surface area contributed by atoms with E-state index < -0.39 is 10.0 Å². The second kappa shape index (κ2) is 8.15. The number of hydrogen-bond acceptors (Lipinski definition) is 3. The second-order valence-corrected chi connectivity index (χ2v) is 8.09. The van der Waals surface area contributed by atoms with Crippen molar-refractivity contribution in [1.29, 1.82) is 0 Å². The Balaban J connectivity index is 2.18. The summed E-state index contributed by atoms with van der Waals surface area (Å²) < 4.78 is 24.4. The van der Waals surface area contributed by atoms with E-state index in [1.54, 1.807) is 0 Å². The summed E-state index contributed by atoms with van der Waals surface area (Å²) in [6, 6.07) is 0. The average Bonchev–Trinajstić information content (AvgIpc) is 2.30. The van der Waals surface area contributed by atoms with Gasteiger partial charge < -0.3 is 5.32 Å². The fraction of sp³-hybridized carbons (Fsp3) is 0.867. The minimum atomic E-state index is -3.04. The van der Waals surface area contributed by atoms with Crippen molar-refractivity contribution in [3.63, 3.8) is 0 Å². The molecule has 0 aromatic heterocycles.